The largest absolute Gasteiger partial charge is 0.327 e. The van der Waals surface area contributed by atoms with Gasteiger partial charge >= 0.3 is 0 Å². The normalized spacial score (nSPS) is 14.1. The van der Waals surface area contributed by atoms with E-state index in [0.717, 1.165) is 16.9 Å². The maximum atomic E-state index is 11.6. The van der Waals surface area contributed by atoms with Gasteiger partial charge in [-0.3, -0.25) is 4.21 Å². The molecule has 0 aliphatic heterocycles. The first-order valence-electron chi connectivity index (χ1n) is 6.34. The molecule has 0 saturated carbocycles. The second kappa shape index (κ2) is 6.38. The molecule has 0 aliphatic rings. The summed E-state index contributed by atoms with van der Waals surface area (Å²) < 4.78 is 13.6. The molecule has 2 aromatic rings. The molecule has 0 bridgehead atoms. The standard InChI is InChI=1S/C14H16ClN3OS/c1-10(20(2)19)9-18-13-7-11(8-16)3-4-12(13)17-14(18)5-6-15/h3-4,7,10H,5-6,9H2,1-2H3. The molecule has 0 fully saturated rings. The monoisotopic (exact) mass is 309 g/mol. The Hall–Kier alpha value is -1.38. The van der Waals surface area contributed by atoms with Gasteiger partial charge in [-0.05, 0) is 25.1 Å². The van der Waals surface area contributed by atoms with Crippen molar-refractivity contribution in [3.63, 3.8) is 0 Å². The first-order valence-corrected chi connectivity index (χ1v) is 8.50. The Kier molecular flexibility index (Phi) is 4.79. The van der Waals surface area contributed by atoms with Crippen molar-refractivity contribution in [1.82, 2.24) is 9.55 Å². The molecule has 0 N–H and O–H groups in total. The van der Waals surface area contributed by atoms with Crippen LogP contribution < -0.4 is 0 Å². The highest BCUT2D eigenvalue weighted by molar-refractivity contribution is 7.84. The number of nitrogens with zero attached hydrogens (tertiary/aromatic N) is 3. The third-order valence-corrected chi connectivity index (χ3v) is 4.75. The Bertz CT molecular complexity index is 690. The van der Waals surface area contributed by atoms with Crippen LogP contribution in [-0.2, 0) is 23.8 Å². The summed E-state index contributed by atoms with van der Waals surface area (Å²) in [6.45, 7) is 2.56. The van der Waals surface area contributed by atoms with E-state index >= 15 is 0 Å². The molecule has 0 saturated heterocycles. The second-order valence-corrected chi connectivity index (χ2v) is 6.88. The summed E-state index contributed by atoms with van der Waals surface area (Å²) in [4.78, 5) is 4.56. The van der Waals surface area contributed by atoms with Gasteiger partial charge in [0.1, 0.15) is 5.82 Å². The summed E-state index contributed by atoms with van der Waals surface area (Å²) in [5.74, 6) is 1.36. The van der Waals surface area contributed by atoms with Crippen LogP contribution in [0.2, 0.25) is 0 Å². The van der Waals surface area contributed by atoms with Crippen LogP contribution in [0.4, 0.5) is 0 Å². The Balaban J connectivity index is 2.54. The smallest absolute Gasteiger partial charge is 0.111 e. The minimum absolute atomic E-state index is 0.0206. The number of aromatic nitrogens is 2. The molecular formula is C14H16ClN3OS. The van der Waals surface area contributed by atoms with Gasteiger partial charge < -0.3 is 4.57 Å². The van der Waals surface area contributed by atoms with Gasteiger partial charge in [0, 0.05) is 41.2 Å². The van der Waals surface area contributed by atoms with Crippen molar-refractivity contribution in [3.8, 4) is 6.07 Å². The minimum Gasteiger partial charge on any atom is -0.327 e. The number of halogens is 1. The van der Waals surface area contributed by atoms with Crippen LogP contribution in [0.5, 0.6) is 0 Å². The van der Waals surface area contributed by atoms with Crippen LogP contribution in [0.1, 0.15) is 18.3 Å². The lowest BCUT2D eigenvalue weighted by Crippen LogP contribution is -2.19. The maximum Gasteiger partial charge on any atom is 0.111 e. The van der Waals surface area contributed by atoms with Crippen molar-refractivity contribution >= 4 is 33.4 Å². The lowest BCUT2D eigenvalue weighted by molar-refractivity contribution is 0.635. The fourth-order valence-electron chi connectivity index (χ4n) is 2.08. The molecule has 4 nitrogen and oxygen atoms in total. The van der Waals surface area contributed by atoms with Gasteiger partial charge in [0.25, 0.3) is 0 Å². The highest BCUT2D eigenvalue weighted by Gasteiger charge is 2.15. The molecule has 2 atom stereocenters. The number of benzene rings is 1. The number of imidazole rings is 1. The zero-order chi connectivity index (χ0) is 14.7. The van der Waals surface area contributed by atoms with Crippen LogP contribution in [0, 0.1) is 11.3 Å². The predicted molar refractivity (Wildman–Crippen MR) is 82.4 cm³/mol. The molecule has 2 rings (SSSR count). The third kappa shape index (κ3) is 3.02. The number of hydrogen-bond donors (Lipinski definition) is 0. The Morgan fingerprint density at radius 1 is 1.55 bits per heavy atom. The summed E-state index contributed by atoms with van der Waals surface area (Å²) in [6, 6.07) is 7.56. The van der Waals surface area contributed by atoms with Gasteiger partial charge in [-0.1, -0.05) is 0 Å². The molecule has 1 aromatic carbocycles. The third-order valence-electron chi connectivity index (χ3n) is 3.28. The number of aryl methyl sites for hydroxylation is 1. The molecule has 0 aliphatic carbocycles. The van der Waals surface area contributed by atoms with Gasteiger partial charge in [0.2, 0.25) is 0 Å². The van der Waals surface area contributed by atoms with Crippen molar-refractivity contribution in [2.45, 2.75) is 25.1 Å². The van der Waals surface area contributed by atoms with E-state index in [1.54, 1.807) is 12.3 Å². The summed E-state index contributed by atoms with van der Waals surface area (Å²) in [5.41, 5.74) is 2.35. The first kappa shape index (κ1) is 15.0. The Morgan fingerprint density at radius 3 is 2.90 bits per heavy atom. The number of hydrogen-bond acceptors (Lipinski definition) is 3. The molecule has 2 unspecified atom stereocenters. The minimum atomic E-state index is -0.904. The van der Waals surface area contributed by atoms with Gasteiger partial charge in [0.15, 0.2) is 0 Å². The van der Waals surface area contributed by atoms with Crippen LogP contribution in [0.15, 0.2) is 18.2 Å². The van der Waals surface area contributed by atoms with E-state index in [0.29, 0.717) is 24.4 Å². The number of alkyl halides is 1. The van der Waals surface area contributed by atoms with E-state index < -0.39 is 10.8 Å². The van der Waals surface area contributed by atoms with Gasteiger partial charge in [-0.25, -0.2) is 4.98 Å². The zero-order valence-corrected chi connectivity index (χ0v) is 13.0. The topological polar surface area (TPSA) is 58.7 Å². The Morgan fingerprint density at radius 2 is 2.30 bits per heavy atom. The molecule has 106 valence electrons. The van der Waals surface area contributed by atoms with E-state index in [2.05, 4.69) is 11.1 Å². The summed E-state index contributed by atoms with van der Waals surface area (Å²) in [5, 5.41) is 9.04. The Labute approximate surface area is 125 Å². The number of rotatable bonds is 5. The summed E-state index contributed by atoms with van der Waals surface area (Å²) in [6.07, 6.45) is 2.35. The van der Waals surface area contributed by atoms with Gasteiger partial charge in [0.05, 0.1) is 22.7 Å². The van der Waals surface area contributed by atoms with E-state index in [-0.39, 0.29) is 5.25 Å². The average molecular weight is 310 g/mol. The second-order valence-electron chi connectivity index (χ2n) is 4.70. The average Bonchev–Trinajstić information content (AvgIpc) is 2.76. The summed E-state index contributed by atoms with van der Waals surface area (Å²) >= 11 is 5.83. The van der Waals surface area contributed by atoms with Crippen LogP contribution in [-0.4, -0.2) is 31.1 Å². The van der Waals surface area contributed by atoms with Gasteiger partial charge in [-0.15, -0.1) is 11.6 Å². The van der Waals surface area contributed by atoms with E-state index in [4.69, 9.17) is 16.9 Å². The van der Waals surface area contributed by atoms with Crippen LogP contribution >= 0.6 is 11.6 Å². The van der Waals surface area contributed by atoms with E-state index in [1.807, 2.05) is 23.6 Å². The molecule has 1 heterocycles. The van der Waals surface area contributed by atoms with Crippen molar-refractivity contribution in [3.05, 3.63) is 29.6 Å². The fraction of sp³-hybridized carbons (Fsp3) is 0.429. The quantitative estimate of drug-likeness (QED) is 0.797. The fourth-order valence-corrected chi connectivity index (χ4v) is 2.61. The molecule has 0 amide bonds. The molecule has 20 heavy (non-hydrogen) atoms. The molecular weight excluding hydrogens is 294 g/mol. The van der Waals surface area contributed by atoms with Crippen molar-refractivity contribution in [2.24, 2.45) is 0 Å². The molecule has 1 aromatic heterocycles. The SMILES string of the molecule is CC(Cn1c(CCCl)nc2ccc(C#N)cc21)S(C)=O. The predicted octanol–water partition coefficient (Wildman–Crippen LogP) is 2.46. The van der Waals surface area contributed by atoms with Crippen LogP contribution in [0.3, 0.4) is 0 Å². The highest BCUT2D eigenvalue weighted by atomic mass is 35.5. The van der Waals surface area contributed by atoms with E-state index in [1.165, 1.54) is 0 Å². The highest BCUT2D eigenvalue weighted by Crippen LogP contribution is 2.20. The lowest BCUT2D eigenvalue weighted by atomic mass is 10.2. The van der Waals surface area contributed by atoms with Crippen molar-refractivity contribution in [2.75, 3.05) is 12.1 Å². The van der Waals surface area contributed by atoms with Crippen molar-refractivity contribution < 1.29 is 4.21 Å². The maximum absolute atomic E-state index is 11.6. The lowest BCUT2D eigenvalue weighted by Gasteiger charge is -2.13. The molecule has 0 radical (unpaired) electrons. The van der Waals surface area contributed by atoms with Gasteiger partial charge in [-0.2, -0.15) is 5.26 Å². The first-order chi connectivity index (χ1) is 9.56. The molecule has 0 spiro atoms. The molecule has 6 heteroatoms. The van der Waals surface area contributed by atoms with Crippen molar-refractivity contribution in [1.29, 1.82) is 5.26 Å². The summed E-state index contributed by atoms with van der Waals surface area (Å²) in [7, 11) is -0.904. The number of nitriles is 1. The van der Waals surface area contributed by atoms with Crippen LogP contribution in [0.25, 0.3) is 11.0 Å². The van der Waals surface area contributed by atoms with E-state index in [9.17, 15) is 4.21 Å². The number of fused-ring (bicyclic) bond motifs is 1. The zero-order valence-electron chi connectivity index (χ0n) is 11.5.